The summed E-state index contributed by atoms with van der Waals surface area (Å²) in [6.45, 7) is 1.20. The SMILES string of the molecule is Clc1ccc(I)c(C(Br)c2ccc3c(c2)OCCO3)c1. The Hall–Kier alpha value is -0.460. The largest absolute Gasteiger partial charge is 0.486 e. The third-order valence-electron chi connectivity index (χ3n) is 3.09. The van der Waals surface area contributed by atoms with Crippen LogP contribution in [0.1, 0.15) is 16.0 Å². The molecule has 0 amide bonds. The predicted molar refractivity (Wildman–Crippen MR) is 92.4 cm³/mol. The van der Waals surface area contributed by atoms with Crippen molar-refractivity contribution < 1.29 is 9.47 Å². The lowest BCUT2D eigenvalue weighted by atomic mass is 10.0. The smallest absolute Gasteiger partial charge is 0.161 e. The second kappa shape index (κ2) is 6.12. The number of hydrogen-bond donors (Lipinski definition) is 0. The van der Waals surface area contributed by atoms with Crippen LogP contribution in [0.15, 0.2) is 36.4 Å². The van der Waals surface area contributed by atoms with E-state index in [1.807, 2.05) is 36.4 Å². The van der Waals surface area contributed by atoms with Gasteiger partial charge in [-0.1, -0.05) is 33.6 Å². The molecular formula is C15H11BrClIO2. The summed E-state index contributed by atoms with van der Waals surface area (Å²) in [5.41, 5.74) is 2.27. The molecule has 3 rings (SSSR count). The molecule has 0 aromatic heterocycles. The van der Waals surface area contributed by atoms with E-state index in [1.165, 1.54) is 3.57 Å². The van der Waals surface area contributed by atoms with Gasteiger partial charge in [0.25, 0.3) is 0 Å². The van der Waals surface area contributed by atoms with Crippen molar-refractivity contribution in [3.05, 3.63) is 56.1 Å². The molecule has 1 heterocycles. The molecule has 0 bridgehead atoms. The number of fused-ring (bicyclic) bond motifs is 1. The molecular weight excluding hydrogens is 454 g/mol. The molecule has 0 saturated heterocycles. The highest BCUT2D eigenvalue weighted by Crippen LogP contribution is 2.39. The van der Waals surface area contributed by atoms with Gasteiger partial charge in [-0.15, -0.1) is 0 Å². The topological polar surface area (TPSA) is 18.5 Å². The molecule has 0 N–H and O–H groups in total. The van der Waals surface area contributed by atoms with Gasteiger partial charge in [0.15, 0.2) is 11.5 Å². The van der Waals surface area contributed by atoms with E-state index in [9.17, 15) is 0 Å². The number of alkyl halides is 1. The second-order valence-corrected chi connectivity index (χ2v) is 6.95. The van der Waals surface area contributed by atoms with Crippen molar-refractivity contribution in [2.75, 3.05) is 13.2 Å². The zero-order valence-corrected chi connectivity index (χ0v) is 14.9. The van der Waals surface area contributed by atoms with Crippen LogP contribution in [-0.2, 0) is 0 Å². The molecule has 0 spiro atoms. The number of halogens is 3. The van der Waals surface area contributed by atoms with Crippen LogP contribution in [0.25, 0.3) is 0 Å². The fourth-order valence-corrected chi connectivity index (χ4v) is 4.02. The molecule has 2 nitrogen and oxygen atoms in total. The Morgan fingerprint density at radius 1 is 1.05 bits per heavy atom. The standard InChI is InChI=1S/C15H11BrClIO2/c16-15(11-8-10(17)2-3-12(11)18)9-1-4-13-14(7-9)20-6-5-19-13/h1-4,7-8,15H,5-6H2. The van der Waals surface area contributed by atoms with Gasteiger partial charge in [0.2, 0.25) is 0 Å². The molecule has 1 aliphatic rings. The molecule has 1 aliphatic heterocycles. The highest BCUT2D eigenvalue weighted by atomic mass is 127. The summed E-state index contributed by atoms with van der Waals surface area (Å²) >= 11 is 12.2. The lowest BCUT2D eigenvalue weighted by Gasteiger charge is -2.20. The normalized spacial score (nSPS) is 14.9. The van der Waals surface area contributed by atoms with E-state index in [-0.39, 0.29) is 4.83 Å². The van der Waals surface area contributed by atoms with Crippen LogP contribution < -0.4 is 9.47 Å². The van der Waals surface area contributed by atoms with Crippen LogP contribution in [0, 0.1) is 3.57 Å². The van der Waals surface area contributed by atoms with Crippen LogP contribution in [0.4, 0.5) is 0 Å². The molecule has 0 radical (unpaired) electrons. The maximum absolute atomic E-state index is 6.09. The van der Waals surface area contributed by atoms with Gasteiger partial charge >= 0.3 is 0 Å². The van der Waals surface area contributed by atoms with Crippen molar-refractivity contribution in [2.45, 2.75) is 4.83 Å². The lowest BCUT2D eigenvalue weighted by molar-refractivity contribution is 0.171. The molecule has 2 aromatic carbocycles. The van der Waals surface area contributed by atoms with Crippen molar-refractivity contribution in [3.63, 3.8) is 0 Å². The summed E-state index contributed by atoms with van der Waals surface area (Å²) in [7, 11) is 0. The summed E-state index contributed by atoms with van der Waals surface area (Å²) in [5, 5.41) is 0.738. The van der Waals surface area contributed by atoms with E-state index in [2.05, 4.69) is 38.5 Å². The van der Waals surface area contributed by atoms with Gasteiger partial charge in [-0.3, -0.25) is 0 Å². The first-order valence-electron chi connectivity index (χ1n) is 6.14. The Morgan fingerprint density at radius 2 is 1.80 bits per heavy atom. The summed E-state index contributed by atoms with van der Waals surface area (Å²) in [6, 6.07) is 11.9. The maximum Gasteiger partial charge on any atom is 0.161 e. The minimum Gasteiger partial charge on any atom is -0.486 e. The number of benzene rings is 2. The maximum atomic E-state index is 6.09. The average Bonchev–Trinajstić information content (AvgIpc) is 2.48. The highest BCUT2D eigenvalue weighted by Gasteiger charge is 2.18. The quantitative estimate of drug-likeness (QED) is 0.448. The van der Waals surface area contributed by atoms with Crippen LogP contribution in [0.2, 0.25) is 5.02 Å². The van der Waals surface area contributed by atoms with Gasteiger partial charge in [0.05, 0.1) is 4.83 Å². The summed E-state index contributed by atoms with van der Waals surface area (Å²) in [6.07, 6.45) is 0. The first-order chi connectivity index (χ1) is 9.65. The Balaban J connectivity index is 1.97. The highest BCUT2D eigenvalue weighted by molar-refractivity contribution is 14.1. The first-order valence-corrected chi connectivity index (χ1v) is 8.51. The lowest BCUT2D eigenvalue weighted by Crippen LogP contribution is -2.15. The fraction of sp³-hybridized carbons (Fsp3) is 0.200. The number of hydrogen-bond acceptors (Lipinski definition) is 2. The van der Waals surface area contributed by atoms with E-state index in [0.29, 0.717) is 13.2 Å². The minimum atomic E-state index is 0.0731. The zero-order chi connectivity index (χ0) is 14.1. The second-order valence-electron chi connectivity index (χ2n) is 4.43. The third-order valence-corrected chi connectivity index (χ3v) is 5.33. The van der Waals surface area contributed by atoms with E-state index in [0.717, 1.165) is 27.6 Å². The van der Waals surface area contributed by atoms with Crippen molar-refractivity contribution >= 4 is 50.1 Å². The van der Waals surface area contributed by atoms with Gasteiger partial charge in [-0.25, -0.2) is 0 Å². The molecule has 1 unspecified atom stereocenters. The monoisotopic (exact) mass is 464 g/mol. The zero-order valence-electron chi connectivity index (χ0n) is 10.4. The molecule has 2 aromatic rings. The van der Waals surface area contributed by atoms with Crippen LogP contribution in [0.5, 0.6) is 11.5 Å². The molecule has 0 saturated carbocycles. The molecule has 104 valence electrons. The van der Waals surface area contributed by atoms with Crippen LogP contribution in [-0.4, -0.2) is 13.2 Å². The molecule has 5 heteroatoms. The fourth-order valence-electron chi connectivity index (χ4n) is 2.11. The van der Waals surface area contributed by atoms with Gasteiger partial charge < -0.3 is 9.47 Å². The summed E-state index contributed by atoms with van der Waals surface area (Å²) < 4.78 is 12.3. The Morgan fingerprint density at radius 3 is 2.60 bits per heavy atom. The summed E-state index contributed by atoms with van der Waals surface area (Å²) in [4.78, 5) is 0.0731. The van der Waals surface area contributed by atoms with E-state index >= 15 is 0 Å². The van der Waals surface area contributed by atoms with Crippen molar-refractivity contribution in [3.8, 4) is 11.5 Å². The Bertz CT molecular complexity index is 648. The minimum absolute atomic E-state index is 0.0731. The molecule has 0 aliphatic carbocycles. The van der Waals surface area contributed by atoms with Gasteiger partial charge in [-0.05, 0) is 64.0 Å². The van der Waals surface area contributed by atoms with Crippen LogP contribution >= 0.6 is 50.1 Å². The summed E-state index contributed by atoms with van der Waals surface area (Å²) in [5.74, 6) is 1.61. The van der Waals surface area contributed by atoms with Crippen molar-refractivity contribution in [1.82, 2.24) is 0 Å². The average molecular weight is 466 g/mol. The Kier molecular flexibility index (Phi) is 4.43. The van der Waals surface area contributed by atoms with Gasteiger partial charge in [0.1, 0.15) is 13.2 Å². The molecule has 0 fully saturated rings. The number of rotatable bonds is 2. The molecule has 1 atom stereocenters. The van der Waals surface area contributed by atoms with E-state index < -0.39 is 0 Å². The van der Waals surface area contributed by atoms with Crippen molar-refractivity contribution in [2.24, 2.45) is 0 Å². The molecule has 20 heavy (non-hydrogen) atoms. The Labute approximate surface area is 144 Å². The number of ether oxygens (including phenoxy) is 2. The van der Waals surface area contributed by atoms with E-state index in [1.54, 1.807) is 0 Å². The third kappa shape index (κ3) is 2.92. The predicted octanol–water partition coefficient (Wildman–Crippen LogP) is 5.20. The van der Waals surface area contributed by atoms with Crippen LogP contribution in [0.3, 0.4) is 0 Å². The van der Waals surface area contributed by atoms with Gasteiger partial charge in [-0.2, -0.15) is 0 Å². The van der Waals surface area contributed by atoms with E-state index in [4.69, 9.17) is 21.1 Å². The first kappa shape index (κ1) is 14.5. The van der Waals surface area contributed by atoms with Gasteiger partial charge in [0, 0.05) is 8.59 Å². The van der Waals surface area contributed by atoms with Crippen molar-refractivity contribution in [1.29, 1.82) is 0 Å².